The fourth-order valence-corrected chi connectivity index (χ4v) is 3.12. The first-order valence-electron chi connectivity index (χ1n) is 6.00. The zero-order chi connectivity index (χ0) is 13.9. The summed E-state index contributed by atoms with van der Waals surface area (Å²) in [6.45, 7) is 5.26. The van der Waals surface area contributed by atoms with Crippen molar-refractivity contribution in [3.05, 3.63) is 33.2 Å². The number of nitrogens with zero attached hydrogens (tertiary/aromatic N) is 2. The lowest BCUT2D eigenvalue weighted by molar-refractivity contribution is 0.568. The van der Waals surface area contributed by atoms with Crippen molar-refractivity contribution < 1.29 is 0 Å². The molecule has 4 nitrogen and oxygen atoms in total. The SMILES string of the molecule is CNc1ncnc(NCC(C)(C)c2cccs2)c1Br. The van der Waals surface area contributed by atoms with Gasteiger partial charge in [-0.1, -0.05) is 19.9 Å². The van der Waals surface area contributed by atoms with Gasteiger partial charge in [-0.15, -0.1) is 11.3 Å². The average molecular weight is 341 g/mol. The van der Waals surface area contributed by atoms with E-state index in [4.69, 9.17) is 0 Å². The van der Waals surface area contributed by atoms with Crippen molar-refractivity contribution in [2.24, 2.45) is 0 Å². The summed E-state index contributed by atoms with van der Waals surface area (Å²) in [7, 11) is 1.84. The molecule has 2 aromatic rings. The lowest BCUT2D eigenvalue weighted by Gasteiger charge is -2.24. The standard InChI is InChI=1S/C13H17BrN4S/c1-13(2,9-5-4-6-19-9)7-16-12-10(14)11(15-3)17-8-18-12/h4-6,8H,7H2,1-3H3,(H2,15,16,17,18). The number of thiophene rings is 1. The zero-order valence-electron chi connectivity index (χ0n) is 11.2. The van der Waals surface area contributed by atoms with Gasteiger partial charge in [0.15, 0.2) is 0 Å². The Morgan fingerprint density at radius 1 is 1.32 bits per heavy atom. The molecular weight excluding hydrogens is 324 g/mol. The molecule has 102 valence electrons. The number of anilines is 2. The molecule has 19 heavy (non-hydrogen) atoms. The molecule has 0 fully saturated rings. The molecule has 0 atom stereocenters. The van der Waals surface area contributed by atoms with Gasteiger partial charge < -0.3 is 10.6 Å². The number of nitrogens with one attached hydrogen (secondary N) is 2. The third-order valence-electron chi connectivity index (χ3n) is 2.91. The summed E-state index contributed by atoms with van der Waals surface area (Å²) >= 11 is 5.29. The van der Waals surface area contributed by atoms with E-state index in [0.717, 1.165) is 22.7 Å². The van der Waals surface area contributed by atoms with Crippen LogP contribution in [0.1, 0.15) is 18.7 Å². The molecule has 0 radical (unpaired) electrons. The van der Waals surface area contributed by atoms with Gasteiger partial charge in [-0.2, -0.15) is 0 Å². The van der Waals surface area contributed by atoms with E-state index in [0.29, 0.717) is 0 Å². The molecule has 2 N–H and O–H groups in total. The first-order valence-corrected chi connectivity index (χ1v) is 7.68. The minimum atomic E-state index is 0.0678. The minimum Gasteiger partial charge on any atom is -0.372 e. The van der Waals surface area contributed by atoms with E-state index in [2.05, 4.69) is 67.9 Å². The molecule has 0 aliphatic heterocycles. The van der Waals surface area contributed by atoms with Crippen LogP contribution in [-0.4, -0.2) is 23.6 Å². The normalized spacial score (nSPS) is 11.4. The Morgan fingerprint density at radius 2 is 2.05 bits per heavy atom. The second-order valence-electron chi connectivity index (χ2n) is 4.85. The molecule has 0 aliphatic rings. The van der Waals surface area contributed by atoms with Crippen molar-refractivity contribution in [2.75, 3.05) is 24.2 Å². The maximum atomic E-state index is 4.27. The summed E-state index contributed by atoms with van der Waals surface area (Å²) in [5.74, 6) is 1.59. The van der Waals surface area contributed by atoms with Gasteiger partial charge in [0.2, 0.25) is 0 Å². The molecular formula is C13H17BrN4S. The first kappa shape index (κ1) is 14.3. The average Bonchev–Trinajstić information content (AvgIpc) is 2.92. The van der Waals surface area contributed by atoms with Crippen LogP contribution >= 0.6 is 27.3 Å². The second kappa shape index (κ2) is 5.88. The van der Waals surface area contributed by atoms with Crippen molar-refractivity contribution in [3.63, 3.8) is 0 Å². The quantitative estimate of drug-likeness (QED) is 0.870. The van der Waals surface area contributed by atoms with E-state index < -0.39 is 0 Å². The van der Waals surface area contributed by atoms with E-state index in [1.807, 2.05) is 7.05 Å². The van der Waals surface area contributed by atoms with Crippen LogP contribution < -0.4 is 10.6 Å². The molecule has 0 amide bonds. The number of hydrogen-bond acceptors (Lipinski definition) is 5. The first-order chi connectivity index (χ1) is 9.04. The second-order valence-corrected chi connectivity index (χ2v) is 6.59. The summed E-state index contributed by atoms with van der Waals surface area (Å²) in [5.41, 5.74) is 0.0678. The van der Waals surface area contributed by atoms with E-state index in [1.165, 1.54) is 4.88 Å². The maximum Gasteiger partial charge on any atom is 0.145 e. The van der Waals surface area contributed by atoms with Crippen molar-refractivity contribution in [2.45, 2.75) is 19.3 Å². The summed E-state index contributed by atoms with van der Waals surface area (Å²) in [6.07, 6.45) is 1.55. The van der Waals surface area contributed by atoms with Crippen LogP contribution in [0.2, 0.25) is 0 Å². The molecule has 0 spiro atoms. The molecule has 0 aliphatic carbocycles. The number of hydrogen-bond donors (Lipinski definition) is 2. The third-order valence-corrected chi connectivity index (χ3v) is 4.90. The van der Waals surface area contributed by atoms with Crippen molar-refractivity contribution in [1.29, 1.82) is 0 Å². The molecule has 6 heteroatoms. The fraction of sp³-hybridized carbons (Fsp3) is 0.385. The number of halogens is 1. The smallest absolute Gasteiger partial charge is 0.145 e. The fourth-order valence-electron chi connectivity index (χ4n) is 1.72. The highest BCUT2D eigenvalue weighted by atomic mass is 79.9. The van der Waals surface area contributed by atoms with Gasteiger partial charge in [0.25, 0.3) is 0 Å². The highest BCUT2D eigenvalue weighted by Crippen LogP contribution is 2.30. The Labute approximate surface area is 125 Å². The highest BCUT2D eigenvalue weighted by molar-refractivity contribution is 9.10. The van der Waals surface area contributed by atoms with E-state index in [9.17, 15) is 0 Å². The Kier molecular flexibility index (Phi) is 4.42. The van der Waals surface area contributed by atoms with Crippen LogP contribution in [0, 0.1) is 0 Å². The van der Waals surface area contributed by atoms with Crippen LogP contribution in [0.3, 0.4) is 0 Å². The van der Waals surface area contributed by atoms with Crippen molar-refractivity contribution >= 4 is 38.9 Å². The largest absolute Gasteiger partial charge is 0.372 e. The summed E-state index contributed by atoms with van der Waals surface area (Å²) in [6, 6.07) is 4.25. The minimum absolute atomic E-state index is 0.0678. The third kappa shape index (κ3) is 3.25. The maximum absolute atomic E-state index is 4.27. The summed E-state index contributed by atoms with van der Waals surface area (Å²) in [4.78, 5) is 9.77. The van der Waals surface area contributed by atoms with Gasteiger partial charge in [-0.3, -0.25) is 0 Å². The molecule has 0 unspecified atom stereocenters. The molecule has 2 rings (SSSR count). The van der Waals surface area contributed by atoms with E-state index >= 15 is 0 Å². The Hall–Kier alpha value is -1.14. The Bertz CT molecular complexity index is 540. The van der Waals surface area contributed by atoms with Gasteiger partial charge in [-0.25, -0.2) is 9.97 Å². The predicted octanol–water partition coefficient (Wildman–Crippen LogP) is 3.73. The Balaban J connectivity index is 2.11. The van der Waals surface area contributed by atoms with Gasteiger partial charge in [-0.05, 0) is 27.4 Å². The molecule has 0 bridgehead atoms. The topological polar surface area (TPSA) is 49.8 Å². The van der Waals surface area contributed by atoms with Gasteiger partial charge in [0, 0.05) is 23.9 Å². The van der Waals surface area contributed by atoms with Gasteiger partial charge in [0.1, 0.15) is 22.4 Å². The van der Waals surface area contributed by atoms with Crippen LogP contribution in [0.15, 0.2) is 28.3 Å². The molecule has 2 aromatic heterocycles. The predicted molar refractivity (Wildman–Crippen MR) is 85.1 cm³/mol. The van der Waals surface area contributed by atoms with Crippen LogP contribution in [0.25, 0.3) is 0 Å². The lowest BCUT2D eigenvalue weighted by Crippen LogP contribution is -2.27. The van der Waals surface area contributed by atoms with E-state index in [-0.39, 0.29) is 5.41 Å². The molecule has 2 heterocycles. The lowest BCUT2D eigenvalue weighted by atomic mass is 9.91. The Morgan fingerprint density at radius 3 is 2.68 bits per heavy atom. The van der Waals surface area contributed by atoms with Gasteiger partial charge in [0.05, 0.1) is 0 Å². The molecule has 0 saturated carbocycles. The van der Waals surface area contributed by atoms with Crippen molar-refractivity contribution in [3.8, 4) is 0 Å². The highest BCUT2D eigenvalue weighted by Gasteiger charge is 2.22. The van der Waals surface area contributed by atoms with Crippen LogP contribution in [0.4, 0.5) is 11.6 Å². The molecule has 0 aromatic carbocycles. The zero-order valence-corrected chi connectivity index (χ0v) is 13.6. The summed E-state index contributed by atoms with van der Waals surface area (Å²) < 4.78 is 0.861. The molecule has 0 saturated heterocycles. The number of rotatable bonds is 5. The summed E-state index contributed by atoms with van der Waals surface area (Å²) in [5, 5.41) is 8.52. The van der Waals surface area contributed by atoms with E-state index in [1.54, 1.807) is 17.7 Å². The van der Waals surface area contributed by atoms with Crippen LogP contribution in [-0.2, 0) is 5.41 Å². The van der Waals surface area contributed by atoms with Crippen molar-refractivity contribution in [1.82, 2.24) is 9.97 Å². The van der Waals surface area contributed by atoms with Crippen LogP contribution in [0.5, 0.6) is 0 Å². The monoisotopic (exact) mass is 340 g/mol. The van der Waals surface area contributed by atoms with Gasteiger partial charge >= 0.3 is 0 Å². The number of aromatic nitrogens is 2.